The average Bonchev–Trinajstić information content (AvgIpc) is 3.62. The summed E-state index contributed by atoms with van der Waals surface area (Å²) in [5.41, 5.74) is 9.30. The Kier molecular flexibility index (Phi) is 7.49. The molecule has 0 radical (unpaired) electrons. The predicted octanol–water partition coefficient (Wildman–Crippen LogP) is 13.2. The highest BCUT2D eigenvalue weighted by Gasteiger charge is 2.22. The van der Waals surface area contributed by atoms with Gasteiger partial charge in [0.05, 0.1) is 11.4 Å². The van der Waals surface area contributed by atoms with Gasteiger partial charge in [-0.3, -0.25) is 0 Å². The Morgan fingerprint density at radius 1 is 0.444 bits per heavy atom. The van der Waals surface area contributed by atoms with Crippen molar-refractivity contribution >= 4 is 84.0 Å². The first-order chi connectivity index (χ1) is 26.7. The molecule has 10 aromatic rings. The van der Waals surface area contributed by atoms with Gasteiger partial charge in [0.25, 0.3) is 0 Å². The van der Waals surface area contributed by atoms with Gasteiger partial charge in [-0.15, -0.1) is 0 Å². The first-order valence-electron chi connectivity index (χ1n) is 18.3. The average molecular weight is 690 g/mol. The first-order valence-corrected chi connectivity index (χ1v) is 18.3. The minimum Gasteiger partial charge on any atom is -0.455 e. The lowest BCUT2D eigenvalue weighted by Gasteiger charge is -2.29. The van der Waals surface area contributed by atoms with Crippen LogP contribution in [0.3, 0.4) is 0 Å². The molecule has 0 bridgehead atoms. The number of furan rings is 1. The van der Waals surface area contributed by atoms with E-state index in [1.807, 2.05) is 6.08 Å². The molecule has 0 N–H and O–H groups in total. The molecule has 0 fully saturated rings. The monoisotopic (exact) mass is 689 g/mol. The highest BCUT2D eigenvalue weighted by atomic mass is 16.3. The van der Waals surface area contributed by atoms with E-state index in [9.17, 15) is 0 Å². The normalized spacial score (nSPS) is 12.0. The summed E-state index contributed by atoms with van der Waals surface area (Å²) in [5, 5.41) is 11.2. The second-order valence-corrected chi connectivity index (χ2v) is 13.8. The largest absolute Gasteiger partial charge is 0.455 e. The molecular formula is C52H35NO. The second kappa shape index (κ2) is 12.8. The van der Waals surface area contributed by atoms with Crippen molar-refractivity contribution in [1.82, 2.24) is 0 Å². The van der Waals surface area contributed by atoms with Crippen molar-refractivity contribution < 1.29 is 4.42 Å². The van der Waals surface area contributed by atoms with Crippen molar-refractivity contribution in [3.05, 3.63) is 199 Å². The SMILES string of the molecule is C=C/C=c1/c(N(c2ccc(-c3ccc4ccccc4c3)cc2)c2ccccc2-c2cccc3c2oc2c4ccccc4ccc32)cc2ccccc2c1=C. The molecule has 254 valence electrons. The number of hydrogen-bond donors (Lipinski definition) is 0. The quantitative estimate of drug-likeness (QED) is 0.173. The number of para-hydroxylation sites is 2. The Morgan fingerprint density at radius 3 is 1.91 bits per heavy atom. The van der Waals surface area contributed by atoms with Gasteiger partial charge in [0.15, 0.2) is 0 Å². The molecule has 0 saturated heterocycles. The van der Waals surface area contributed by atoms with Gasteiger partial charge in [0.2, 0.25) is 0 Å². The summed E-state index contributed by atoms with van der Waals surface area (Å²) in [6.45, 7) is 8.74. The van der Waals surface area contributed by atoms with Crippen molar-refractivity contribution in [2.45, 2.75) is 0 Å². The third-order valence-electron chi connectivity index (χ3n) is 10.7. The summed E-state index contributed by atoms with van der Waals surface area (Å²) in [6.07, 6.45) is 3.93. The summed E-state index contributed by atoms with van der Waals surface area (Å²) in [5.74, 6) is 0. The molecule has 0 amide bonds. The lowest BCUT2D eigenvalue weighted by atomic mass is 9.97. The lowest BCUT2D eigenvalue weighted by Crippen LogP contribution is -2.30. The van der Waals surface area contributed by atoms with Gasteiger partial charge >= 0.3 is 0 Å². The van der Waals surface area contributed by atoms with Crippen molar-refractivity contribution in [2.75, 3.05) is 4.90 Å². The van der Waals surface area contributed by atoms with Gasteiger partial charge in [-0.1, -0.05) is 165 Å². The van der Waals surface area contributed by atoms with E-state index in [2.05, 4.69) is 200 Å². The maximum Gasteiger partial charge on any atom is 0.143 e. The molecule has 54 heavy (non-hydrogen) atoms. The van der Waals surface area contributed by atoms with Crippen molar-refractivity contribution in [2.24, 2.45) is 0 Å². The number of rotatable bonds is 6. The molecule has 0 aliphatic rings. The smallest absolute Gasteiger partial charge is 0.143 e. The van der Waals surface area contributed by atoms with Gasteiger partial charge < -0.3 is 9.32 Å². The Bertz CT molecular complexity index is 3200. The van der Waals surface area contributed by atoms with Crippen LogP contribution in [0.2, 0.25) is 0 Å². The van der Waals surface area contributed by atoms with E-state index in [0.29, 0.717) is 0 Å². The first kappa shape index (κ1) is 31.6. The van der Waals surface area contributed by atoms with E-state index >= 15 is 0 Å². The molecule has 9 aromatic carbocycles. The van der Waals surface area contributed by atoms with Crippen LogP contribution in [0.15, 0.2) is 193 Å². The molecule has 1 aromatic heterocycles. The highest BCUT2D eigenvalue weighted by molar-refractivity contribution is 6.17. The van der Waals surface area contributed by atoms with E-state index in [-0.39, 0.29) is 0 Å². The zero-order valence-electron chi connectivity index (χ0n) is 29.7. The van der Waals surface area contributed by atoms with Gasteiger partial charge in [-0.05, 0) is 79.7 Å². The highest BCUT2D eigenvalue weighted by Crippen LogP contribution is 2.45. The fourth-order valence-corrected chi connectivity index (χ4v) is 8.13. The molecule has 10 rings (SSSR count). The van der Waals surface area contributed by atoms with Crippen molar-refractivity contribution in [3.63, 3.8) is 0 Å². The Balaban J connectivity index is 1.22. The zero-order valence-corrected chi connectivity index (χ0v) is 29.7. The molecule has 0 spiro atoms. The van der Waals surface area contributed by atoms with Crippen molar-refractivity contribution in [1.29, 1.82) is 0 Å². The van der Waals surface area contributed by atoms with Gasteiger partial charge in [-0.2, -0.15) is 0 Å². The van der Waals surface area contributed by atoms with Crippen LogP contribution in [0.4, 0.5) is 17.1 Å². The van der Waals surface area contributed by atoms with Crippen LogP contribution < -0.4 is 15.3 Å². The molecule has 0 saturated carbocycles. The molecular weight excluding hydrogens is 655 g/mol. The molecule has 0 atom stereocenters. The molecule has 0 aliphatic heterocycles. The lowest BCUT2D eigenvalue weighted by molar-refractivity contribution is 0.674. The number of fused-ring (bicyclic) bond motifs is 7. The summed E-state index contributed by atoms with van der Waals surface area (Å²) in [6, 6.07) is 62.8. The van der Waals surface area contributed by atoms with Crippen LogP contribution in [0.1, 0.15) is 0 Å². The van der Waals surface area contributed by atoms with Crippen LogP contribution in [0.25, 0.3) is 89.2 Å². The van der Waals surface area contributed by atoms with Crippen LogP contribution in [0, 0.1) is 0 Å². The fourth-order valence-electron chi connectivity index (χ4n) is 8.13. The van der Waals surface area contributed by atoms with E-state index < -0.39 is 0 Å². The topological polar surface area (TPSA) is 16.4 Å². The molecule has 0 unspecified atom stereocenters. The maximum absolute atomic E-state index is 6.88. The summed E-state index contributed by atoms with van der Waals surface area (Å²) < 4.78 is 6.88. The van der Waals surface area contributed by atoms with E-state index in [0.717, 1.165) is 87.7 Å². The molecule has 1 heterocycles. The van der Waals surface area contributed by atoms with Crippen molar-refractivity contribution in [3.8, 4) is 22.3 Å². The zero-order chi connectivity index (χ0) is 36.2. The fraction of sp³-hybridized carbons (Fsp3) is 0. The minimum absolute atomic E-state index is 0.872. The van der Waals surface area contributed by atoms with Crippen LogP contribution >= 0.6 is 0 Å². The number of hydrogen-bond acceptors (Lipinski definition) is 2. The summed E-state index contributed by atoms with van der Waals surface area (Å²) in [4.78, 5) is 2.37. The van der Waals surface area contributed by atoms with Gasteiger partial charge in [-0.25, -0.2) is 0 Å². The van der Waals surface area contributed by atoms with E-state index in [1.165, 1.54) is 16.3 Å². The number of allylic oxidation sites excluding steroid dienone is 1. The Hall–Kier alpha value is -7.16. The van der Waals surface area contributed by atoms with Crippen LogP contribution in [0.5, 0.6) is 0 Å². The summed E-state index contributed by atoms with van der Waals surface area (Å²) >= 11 is 0. The number of anilines is 3. The third-order valence-corrected chi connectivity index (χ3v) is 10.7. The minimum atomic E-state index is 0.872. The van der Waals surface area contributed by atoms with Crippen LogP contribution in [-0.2, 0) is 0 Å². The van der Waals surface area contributed by atoms with E-state index in [1.54, 1.807) is 0 Å². The summed E-state index contributed by atoms with van der Waals surface area (Å²) in [7, 11) is 0. The Morgan fingerprint density at radius 2 is 1.07 bits per heavy atom. The van der Waals surface area contributed by atoms with E-state index in [4.69, 9.17) is 4.42 Å². The van der Waals surface area contributed by atoms with Crippen LogP contribution in [-0.4, -0.2) is 0 Å². The number of nitrogens with zero attached hydrogens (tertiary/aromatic N) is 1. The molecule has 0 aliphatic carbocycles. The van der Waals surface area contributed by atoms with Gasteiger partial charge in [0.1, 0.15) is 11.2 Å². The van der Waals surface area contributed by atoms with Gasteiger partial charge in [0, 0.05) is 38.2 Å². The molecule has 2 heteroatoms. The second-order valence-electron chi connectivity index (χ2n) is 13.8. The predicted molar refractivity (Wildman–Crippen MR) is 231 cm³/mol. The molecule has 2 nitrogen and oxygen atoms in total. The standard InChI is InChI=1S/C52H35NO/c1-3-13-43-34(2)42-18-8-7-17-40(42)33-50(43)53(41-29-26-36(27-30-41)39-25-24-35-14-4-5-16-38(35)32-39)49-23-11-10-20-45(49)46-21-12-22-47-48-31-28-37-15-6-9-19-44(37)51(48)54-52(46)47/h3-33H,1-2H2/b43-13+. The number of benzene rings is 9. The third kappa shape index (κ3) is 5.11. The maximum atomic E-state index is 6.88. The Labute approximate surface area is 313 Å².